The second-order valence-corrected chi connectivity index (χ2v) is 6.82. The Bertz CT molecular complexity index is 489. The van der Waals surface area contributed by atoms with Gasteiger partial charge in [0.1, 0.15) is 0 Å². The largest absolute Gasteiger partial charge is 0.480 e. The van der Waals surface area contributed by atoms with Crippen molar-refractivity contribution < 1.29 is 29.7 Å². The fourth-order valence-electron chi connectivity index (χ4n) is 3.07. The molecule has 0 aromatic rings. The molecule has 1 unspecified atom stereocenters. The van der Waals surface area contributed by atoms with Crippen LogP contribution in [0.3, 0.4) is 0 Å². The van der Waals surface area contributed by atoms with E-state index in [-0.39, 0.29) is 25.7 Å². The van der Waals surface area contributed by atoms with Gasteiger partial charge in [0, 0.05) is 51.9 Å². The van der Waals surface area contributed by atoms with Gasteiger partial charge in [0.15, 0.2) is 0 Å². The van der Waals surface area contributed by atoms with Crippen LogP contribution in [0.1, 0.15) is 6.92 Å². The van der Waals surface area contributed by atoms with Crippen LogP contribution in [0.5, 0.6) is 0 Å². The van der Waals surface area contributed by atoms with Gasteiger partial charge in [0.05, 0.1) is 19.6 Å². The summed E-state index contributed by atoms with van der Waals surface area (Å²) in [6, 6.07) is -0.0184. The average molecular weight is 374 g/mol. The number of hydrogen-bond donors (Lipinski definition) is 3. The van der Waals surface area contributed by atoms with Crippen LogP contribution in [-0.2, 0) is 14.4 Å². The van der Waals surface area contributed by atoms with Crippen LogP contribution >= 0.6 is 0 Å². The fraction of sp³-hybridized carbons (Fsp3) is 0.812. The molecule has 10 heteroatoms. The molecule has 1 aliphatic heterocycles. The standard InChI is InChI=1S/C16H30N4O6/c1-13-9-17(2)3-4-18(10-14(21)22)5-6-19(11-15(23)24)7-8-20(13)12-16(25)26/h13H,3-12H2,1-2H3,(H,21,22)(H,23,24)(H,25,26). The topological polar surface area (TPSA) is 125 Å². The van der Waals surface area contributed by atoms with Gasteiger partial charge in [-0.1, -0.05) is 0 Å². The van der Waals surface area contributed by atoms with Crippen LogP contribution in [0.4, 0.5) is 0 Å². The molecule has 0 amide bonds. The predicted molar refractivity (Wildman–Crippen MR) is 94.3 cm³/mol. The Labute approximate surface area is 153 Å². The molecule has 1 aliphatic rings. The molecule has 1 heterocycles. The van der Waals surface area contributed by atoms with E-state index in [1.807, 2.05) is 18.9 Å². The Kier molecular flexibility index (Phi) is 9.49. The maximum Gasteiger partial charge on any atom is 0.317 e. The fourth-order valence-corrected chi connectivity index (χ4v) is 3.07. The van der Waals surface area contributed by atoms with E-state index in [0.29, 0.717) is 45.8 Å². The van der Waals surface area contributed by atoms with Gasteiger partial charge >= 0.3 is 17.9 Å². The highest BCUT2D eigenvalue weighted by Gasteiger charge is 2.22. The summed E-state index contributed by atoms with van der Waals surface area (Å²) in [5.41, 5.74) is 0. The molecule has 0 saturated carbocycles. The Morgan fingerprint density at radius 3 is 1.65 bits per heavy atom. The lowest BCUT2D eigenvalue weighted by Gasteiger charge is -2.35. The summed E-state index contributed by atoms with van der Waals surface area (Å²) >= 11 is 0. The summed E-state index contributed by atoms with van der Waals surface area (Å²) in [4.78, 5) is 40.7. The summed E-state index contributed by atoms with van der Waals surface area (Å²) in [7, 11) is 1.93. The summed E-state index contributed by atoms with van der Waals surface area (Å²) in [6.45, 7) is 5.16. The smallest absolute Gasteiger partial charge is 0.317 e. The number of aliphatic carboxylic acids is 3. The van der Waals surface area contributed by atoms with Crippen molar-refractivity contribution in [3.63, 3.8) is 0 Å². The van der Waals surface area contributed by atoms with Crippen LogP contribution in [0.15, 0.2) is 0 Å². The number of carboxylic acids is 3. The minimum absolute atomic E-state index is 0.0184. The third-order valence-electron chi connectivity index (χ3n) is 4.49. The molecule has 3 N–H and O–H groups in total. The molecule has 10 nitrogen and oxygen atoms in total. The number of likely N-dealkylation sites (N-methyl/N-ethyl adjacent to an activating group) is 1. The van der Waals surface area contributed by atoms with E-state index in [1.165, 1.54) is 0 Å². The van der Waals surface area contributed by atoms with Crippen molar-refractivity contribution in [1.29, 1.82) is 0 Å². The molecule has 0 spiro atoms. The van der Waals surface area contributed by atoms with Crippen molar-refractivity contribution in [3.05, 3.63) is 0 Å². The van der Waals surface area contributed by atoms with Crippen LogP contribution in [0, 0.1) is 0 Å². The van der Waals surface area contributed by atoms with Crippen molar-refractivity contribution >= 4 is 17.9 Å². The highest BCUT2D eigenvalue weighted by molar-refractivity contribution is 5.69. The van der Waals surface area contributed by atoms with Gasteiger partial charge in [0.25, 0.3) is 0 Å². The van der Waals surface area contributed by atoms with Crippen LogP contribution in [0.2, 0.25) is 0 Å². The second kappa shape index (κ2) is 11.1. The van der Waals surface area contributed by atoms with Gasteiger partial charge in [-0.3, -0.25) is 29.1 Å². The molecule has 0 aliphatic carbocycles. The number of nitrogens with zero attached hydrogens (tertiary/aromatic N) is 4. The zero-order chi connectivity index (χ0) is 19.7. The van der Waals surface area contributed by atoms with E-state index in [2.05, 4.69) is 4.90 Å². The second-order valence-electron chi connectivity index (χ2n) is 6.82. The Hall–Kier alpha value is -1.75. The quantitative estimate of drug-likeness (QED) is 0.505. The van der Waals surface area contributed by atoms with Gasteiger partial charge in [-0.25, -0.2) is 0 Å². The first kappa shape index (κ1) is 22.3. The molecule has 0 bridgehead atoms. The lowest BCUT2D eigenvalue weighted by Crippen LogP contribution is -2.50. The first-order chi connectivity index (χ1) is 12.2. The Morgan fingerprint density at radius 2 is 1.19 bits per heavy atom. The van der Waals surface area contributed by atoms with Gasteiger partial charge in [-0.05, 0) is 14.0 Å². The molecule has 1 fully saturated rings. The summed E-state index contributed by atoms with van der Waals surface area (Å²) in [5.74, 6) is -2.78. The molecule has 0 aromatic heterocycles. The lowest BCUT2D eigenvalue weighted by atomic mass is 10.2. The molecule has 150 valence electrons. The highest BCUT2D eigenvalue weighted by atomic mass is 16.4. The minimum atomic E-state index is -0.959. The molecule has 1 rings (SSSR count). The van der Waals surface area contributed by atoms with E-state index in [0.717, 1.165) is 0 Å². The van der Waals surface area contributed by atoms with Crippen molar-refractivity contribution in [2.24, 2.45) is 0 Å². The van der Waals surface area contributed by atoms with Crippen LogP contribution in [-0.4, -0.2) is 131 Å². The number of hydrogen-bond acceptors (Lipinski definition) is 7. The van der Waals surface area contributed by atoms with Crippen molar-refractivity contribution in [2.45, 2.75) is 13.0 Å². The maximum absolute atomic E-state index is 11.1. The SMILES string of the molecule is CC1CN(C)CCN(CC(=O)O)CCN(CC(=O)O)CCN1CC(=O)O. The van der Waals surface area contributed by atoms with E-state index in [4.69, 9.17) is 15.3 Å². The van der Waals surface area contributed by atoms with Crippen molar-refractivity contribution in [2.75, 3.05) is 72.5 Å². The third-order valence-corrected chi connectivity index (χ3v) is 4.49. The number of rotatable bonds is 6. The Morgan fingerprint density at radius 1 is 0.769 bits per heavy atom. The predicted octanol–water partition coefficient (Wildman–Crippen LogP) is -1.52. The Balaban J connectivity index is 2.87. The zero-order valence-electron chi connectivity index (χ0n) is 15.5. The first-order valence-corrected chi connectivity index (χ1v) is 8.70. The van der Waals surface area contributed by atoms with Gasteiger partial charge in [0.2, 0.25) is 0 Å². The monoisotopic (exact) mass is 374 g/mol. The maximum atomic E-state index is 11.1. The number of carbonyl (C=O) groups is 3. The van der Waals surface area contributed by atoms with E-state index in [1.54, 1.807) is 9.80 Å². The summed E-state index contributed by atoms with van der Waals surface area (Å²) in [5, 5.41) is 27.3. The molecular weight excluding hydrogens is 344 g/mol. The van der Waals surface area contributed by atoms with Gasteiger partial charge in [-0.15, -0.1) is 0 Å². The minimum Gasteiger partial charge on any atom is -0.480 e. The molecular formula is C16H30N4O6. The molecule has 1 atom stereocenters. The average Bonchev–Trinajstić information content (AvgIpc) is 2.50. The molecule has 26 heavy (non-hydrogen) atoms. The molecule has 0 aromatic carbocycles. The van der Waals surface area contributed by atoms with Crippen molar-refractivity contribution in [1.82, 2.24) is 19.6 Å². The van der Waals surface area contributed by atoms with Gasteiger partial charge < -0.3 is 20.2 Å². The zero-order valence-corrected chi connectivity index (χ0v) is 15.5. The van der Waals surface area contributed by atoms with Gasteiger partial charge in [-0.2, -0.15) is 0 Å². The van der Waals surface area contributed by atoms with E-state index in [9.17, 15) is 14.4 Å². The highest BCUT2D eigenvalue weighted by Crippen LogP contribution is 2.05. The number of carboxylic acid groups (broad SMARTS) is 3. The molecule has 1 saturated heterocycles. The van der Waals surface area contributed by atoms with E-state index < -0.39 is 17.9 Å². The van der Waals surface area contributed by atoms with Crippen molar-refractivity contribution in [3.8, 4) is 0 Å². The van der Waals surface area contributed by atoms with Crippen LogP contribution in [0.25, 0.3) is 0 Å². The summed E-state index contributed by atoms with van der Waals surface area (Å²) in [6.07, 6.45) is 0. The normalized spacial score (nSPS) is 23.1. The van der Waals surface area contributed by atoms with E-state index >= 15 is 0 Å². The summed E-state index contributed by atoms with van der Waals surface area (Å²) < 4.78 is 0. The lowest BCUT2D eigenvalue weighted by molar-refractivity contribution is -0.141. The third kappa shape index (κ3) is 9.09. The molecule has 0 radical (unpaired) electrons. The van der Waals surface area contributed by atoms with Crippen LogP contribution < -0.4 is 0 Å². The first-order valence-electron chi connectivity index (χ1n) is 8.70.